The second-order valence-electron chi connectivity index (χ2n) is 6.94. The van der Waals surface area contributed by atoms with E-state index in [2.05, 4.69) is 51.8 Å². The summed E-state index contributed by atoms with van der Waals surface area (Å²) in [6, 6.07) is 10.3. The lowest BCUT2D eigenvalue weighted by Crippen LogP contribution is -2.36. The van der Waals surface area contributed by atoms with Crippen molar-refractivity contribution in [3.63, 3.8) is 0 Å². The van der Waals surface area contributed by atoms with Gasteiger partial charge in [-0.3, -0.25) is 4.99 Å². The van der Waals surface area contributed by atoms with Crippen LogP contribution in [0.25, 0.3) is 0 Å². The van der Waals surface area contributed by atoms with E-state index in [0.717, 1.165) is 28.7 Å². The third-order valence-corrected chi connectivity index (χ3v) is 3.99. The van der Waals surface area contributed by atoms with Crippen molar-refractivity contribution in [3.05, 3.63) is 53.2 Å². The average molecular weight is 497 g/mol. The lowest BCUT2D eigenvalue weighted by molar-refractivity contribution is 0.239. The molecule has 0 radical (unpaired) electrons. The van der Waals surface area contributed by atoms with Crippen LogP contribution in [-0.4, -0.2) is 38.2 Å². The van der Waals surface area contributed by atoms with E-state index in [1.807, 2.05) is 38.9 Å². The number of rotatable bonds is 7. The normalized spacial score (nSPS) is 11.0. The third-order valence-electron chi connectivity index (χ3n) is 3.99. The van der Waals surface area contributed by atoms with Gasteiger partial charge in [0.2, 0.25) is 0 Å². The van der Waals surface area contributed by atoms with Gasteiger partial charge in [0.25, 0.3) is 0 Å². The Labute approximate surface area is 185 Å². The number of anilines is 1. The van der Waals surface area contributed by atoms with E-state index in [-0.39, 0.29) is 30.1 Å². The summed E-state index contributed by atoms with van der Waals surface area (Å²) in [5.74, 6) is 2.60. The molecule has 6 nitrogen and oxygen atoms in total. The molecule has 0 amide bonds. The summed E-state index contributed by atoms with van der Waals surface area (Å²) in [5, 5.41) is 6.72. The fourth-order valence-electron chi connectivity index (χ4n) is 2.72. The molecule has 0 saturated heterocycles. The molecule has 7 heteroatoms. The van der Waals surface area contributed by atoms with Gasteiger partial charge in [-0.2, -0.15) is 0 Å². The molecular weight excluding hydrogens is 465 g/mol. The molecule has 2 N–H and O–H groups in total. The number of hydrogen-bond acceptors (Lipinski definition) is 4. The number of aryl methyl sites for hydroxylation is 1. The maximum absolute atomic E-state index is 5.95. The van der Waals surface area contributed by atoms with Gasteiger partial charge in [0.1, 0.15) is 11.6 Å². The molecule has 0 bridgehead atoms. The second kappa shape index (κ2) is 11.7. The SMILES string of the molecule is CN=C(NCc1ccc(C)cc1OC(C)C)NCc1cccnc1N(C)C.I. The van der Waals surface area contributed by atoms with Crippen molar-refractivity contribution in [1.29, 1.82) is 0 Å². The molecule has 154 valence electrons. The first-order chi connectivity index (χ1) is 12.9. The first-order valence-electron chi connectivity index (χ1n) is 9.22. The first-order valence-corrected chi connectivity index (χ1v) is 9.22. The molecular formula is C21H32IN5O. The van der Waals surface area contributed by atoms with E-state index in [0.29, 0.717) is 13.1 Å². The van der Waals surface area contributed by atoms with Crippen molar-refractivity contribution >= 4 is 35.8 Å². The van der Waals surface area contributed by atoms with Crippen LogP contribution in [0, 0.1) is 6.92 Å². The predicted octanol–water partition coefficient (Wildman–Crippen LogP) is 3.73. The van der Waals surface area contributed by atoms with Gasteiger partial charge in [-0.25, -0.2) is 4.98 Å². The van der Waals surface area contributed by atoms with E-state index in [1.165, 1.54) is 5.56 Å². The van der Waals surface area contributed by atoms with Crippen LogP contribution in [0.5, 0.6) is 5.75 Å². The largest absolute Gasteiger partial charge is 0.491 e. The maximum atomic E-state index is 5.95. The van der Waals surface area contributed by atoms with Gasteiger partial charge >= 0.3 is 0 Å². The molecule has 0 saturated carbocycles. The number of guanidine groups is 1. The molecule has 2 rings (SSSR count). The highest BCUT2D eigenvalue weighted by Gasteiger charge is 2.09. The average Bonchev–Trinajstić information content (AvgIpc) is 2.63. The van der Waals surface area contributed by atoms with E-state index in [4.69, 9.17) is 4.74 Å². The number of aromatic nitrogens is 1. The summed E-state index contributed by atoms with van der Waals surface area (Å²) in [7, 11) is 5.76. The monoisotopic (exact) mass is 497 g/mol. The number of benzene rings is 1. The van der Waals surface area contributed by atoms with E-state index < -0.39 is 0 Å². The lowest BCUT2D eigenvalue weighted by Gasteiger charge is -2.19. The van der Waals surface area contributed by atoms with Crippen LogP contribution in [0.1, 0.15) is 30.5 Å². The van der Waals surface area contributed by atoms with Gasteiger partial charge < -0.3 is 20.3 Å². The van der Waals surface area contributed by atoms with Crippen molar-refractivity contribution in [1.82, 2.24) is 15.6 Å². The zero-order valence-electron chi connectivity index (χ0n) is 17.6. The zero-order valence-corrected chi connectivity index (χ0v) is 19.9. The summed E-state index contributed by atoms with van der Waals surface area (Å²) >= 11 is 0. The summed E-state index contributed by atoms with van der Waals surface area (Å²) in [5.41, 5.74) is 3.40. The molecule has 1 aromatic carbocycles. The lowest BCUT2D eigenvalue weighted by atomic mass is 10.1. The molecule has 0 unspecified atom stereocenters. The molecule has 1 aromatic heterocycles. The van der Waals surface area contributed by atoms with Crippen LogP contribution in [0.4, 0.5) is 5.82 Å². The second-order valence-corrected chi connectivity index (χ2v) is 6.94. The van der Waals surface area contributed by atoms with Crippen LogP contribution >= 0.6 is 24.0 Å². The Hall–Kier alpha value is -2.03. The fraction of sp³-hybridized carbons (Fsp3) is 0.429. The van der Waals surface area contributed by atoms with E-state index >= 15 is 0 Å². The Morgan fingerprint density at radius 1 is 1.14 bits per heavy atom. The van der Waals surface area contributed by atoms with Crippen LogP contribution < -0.4 is 20.3 Å². The first kappa shape index (κ1) is 24.0. The summed E-state index contributed by atoms with van der Waals surface area (Å²) in [6.45, 7) is 7.42. The minimum atomic E-state index is 0. The van der Waals surface area contributed by atoms with Crippen molar-refractivity contribution in [2.45, 2.75) is 40.0 Å². The Kier molecular flexibility index (Phi) is 10.1. The van der Waals surface area contributed by atoms with Gasteiger partial charge in [0.15, 0.2) is 5.96 Å². The standard InChI is InChI=1S/C21H31N5O.HI/c1-15(2)27-19-12-16(3)9-10-17(19)13-24-21(22-4)25-14-18-8-7-11-23-20(18)26(5)6;/h7-12,15H,13-14H2,1-6H3,(H2,22,24,25);1H. The molecule has 28 heavy (non-hydrogen) atoms. The number of hydrogen-bond donors (Lipinski definition) is 2. The summed E-state index contributed by atoms with van der Waals surface area (Å²) in [6.07, 6.45) is 1.94. The van der Waals surface area contributed by atoms with Crippen molar-refractivity contribution in [2.24, 2.45) is 4.99 Å². The van der Waals surface area contributed by atoms with Crippen molar-refractivity contribution in [2.75, 3.05) is 26.0 Å². The topological polar surface area (TPSA) is 61.8 Å². The van der Waals surface area contributed by atoms with Gasteiger partial charge in [-0.1, -0.05) is 18.2 Å². The smallest absolute Gasteiger partial charge is 0.191 e. The Balaban J connectivity index is 0.00000392. The number of aliphatic imine (C=N–C) groups is 1. The Morgan fingerprint density at radius 2 is 1.82 bits per heavy atom. The fourth-order valence-corrected chi connectivity index (χ4v) is 2.72. The van der Waals surface area contributed by atoms with E-state index in [1.54, 1.807) is 13.2 Å². The van der Waals surface area contributed by atoms with Crippen molar-refractivity contribution in [3.8, 4) is 5.75 Å². The third kappa shape index (κ3) is 7.18. The Morgan fingerprint density at radius 3 is 2.43 bits per heavy atom. The number of halogens is 1. The molecule has 2 aromatic rings. The molecule has 0 atom stereocenters. The molecule has 1 heterocycles. The van der Waals surface area contributed by atoms with Crippen LogP contribution in [-0.2, 0) is 13.1 Å². The zero-order chi connectivity index (χ0) is 19.8. The predicted molar refractivity (Wildman–Crippen MR) is 128 cm³/mol. The quantitative estimate of drug-likeness (QED) is 0.347. The molecule has 0 aliphatic heterocycles. The molecule has 0 fully saturated rings. The molecule has 0 aliphatic carbocycles. The highest BCUT2D eigenvalue weighted by atomic mass is 127. The summed E-state index contributed by atoms with van der Waals surface area (Å²) in [4.78, 5) is 10.8. The van der Waals surface area contributed by atoms with Crippen LogP contribution in [0.3, 0.4) is 0 Å². The van der Waals surface area contributed by atoms with Crippen LogP contribution in [0.15, 0.2) is 41.5 Å². The minimum Gasteiger partial charge on any atom is -0.491 e. The number of pyridine rings is 1. The van der Waals surface area contributed by atoms with Gasteiger partial charge in [-0.05, 0) is 38.5 Å². The van der Waals surface area contributed by atoms with E-state index in [9.17, 15) is 0 Å². The number of nitrogens with zero attached hydrogens (tertiary/aromatic N) is 3. The van der Waals surface area contributed by atoms with Crippen molar-refractivity contribution < 1.29 is 4.74 Å². The van der Waals surface area contributed by atoms with Crippen LogP contribution in [0.2, 0.25) is 0 Å². The highest BCUT2D eigenvalue weighted by molar-refractivity contribution is 14.0. The Bertz CT molecular complexity index is 777. The van der Waals surface area contributed by atoms with Gasteiger partial charge in [0, 0.05) is 51.6 Å². The summed E-state index contributed by atoms with van der Waals surface area (Å²) < 4.78 is 5.95. The highest BCUT2D eigenvalue weighted by Crippen LogP contribution is 2.21. The van der Waals surface area contributed by atoms with Gasteiger partial charge in [0.05, 0.1) is 6.10 Å². The number of ether oxygens (including phenoxy) is 1. The number of nitrogens with one attached hydrogen (secondary N) is 2. The van der Waals surface area contributed by atoms with Gasteiger partial charge in [-0.15, -0.1) is 24.0 Å². The maximum Gasteiger partial charge on any atom is 0.191 e. The molecule has 0 spiro atoms. The molecule has 0 aliphatic rings. The minimum absolute atomic E-state index is 0.